The number of aliphatic imine (C=N–C) groups is 1. The highest BCUT2D eigenvalue weighted by atomic mass is 32.1. The molecule has 2 atom stereocenters. The Hall–Kier alpha value is -2.32. The van der Waals surface area contributed by atoms with Crippen molar-refractivity contribution in [2.75, 3.05) is 6.61 Å². The first-order chi connectivity index (χ1) is 14.8. The van der Waals surface area contributed by atoms with Crippen LogP contribution in [-0.4, -0.2) is 18.9 Å². The van der Waals surface area contributed by atoms with Gasteiger partial charge in [0.2, 0.25) is 0 Å². The van der Waals surface area contributed by atoms with Gasteiger partial charge in [-0.2, -0.15) is 5.26 Å². The van der Waals surface area contributed by atoms with Crippen molar-refractivity contribution in [2.45, 2.75) is 73.3 Å². The SMILES string of the molecule is CCOc1cc(C=Nc2sc3c(c2C#N)CC[C@@H](C(C)(C)C)C3)ccc1O[C@H](C)CC. The summed E-state index contributed by atoms with van der Waals surface area (Å²) in [5.74, 6) is 2.13. The van der Waals surface area contributed by atoms with Crippen LogP contribution in [0.3, 0.4) is 0 Å². The highest BCUT2D eigenvalue weighted by Gasteiger charge is 2.32. The Balaban J connectivity index is 1.86. The standard InChI is InChI=1S/C26H34N2O2S/c1-7-17(3)30-22-12-9-18(13-23(22)29-8-2)16-28-25-21(15-27)20-11-10-19(26(4,5)6)14-24(20)31-25/h9,12-13,16-17,19H,7-8,10-11,14H2,1-6H3/t17-,19-/m1/s1. The van der Waals surface area contributed by atoms with E-state index in [-0.39, 0.29) is 11.5 Å². The molecule has 0 radical (unpaired) electrons. The molecule has 0 amide bonds. The van der Waals surface area contributed by atoms with E-state index in [1.165, 1.54) is 10.4 Å². The molecule has 4 nitrogen and oxygen atoms in total. The van der Waals surface area contributed by atoms with Crippen LogP contribution in [0.15, 0.2) is 23.2 Å². The van der Waals surface area contributed by atoms with Gasteiger partial charge in [-0.25, -0.2) is 4.99 Å². The quantitative estimate of drug-likeness (QED) is 0.433. The predicted molar refractivity (Wildman–Crippen MR) is 129 cm³/mol. The molecule has 0 fully saturated rings. The highest BCUT2D eigenvalue weighted by Crippen LogP contribution is 2.45. The summed E-state index contributed by atoms with van der Waals surface area (Å²) < 4.78 is 11.8. The Morgan fingerprint density at radius 1 is 1.29 bits per heavy atom. The fourth-order valence-corrected chi connectivity index (χ4v) is 5.14. The number of nitriles is 1. The van der Waals surface area contributed by atoms with Crippen molar-refractivity contribution in [3.05, 3.63) is 39.8 Å². The lowest BCUT2D eigenvalue weighted by atomic mass is 9.72. The van der Waals surface area contributed by atoms with Crippen LogP contribution >= 0.6 is 11.3 Å². The molecule has 0 unspecified atom stereocenters. The summed E-state index contributed by atoms with van der Waals surface area (Å²) in [6.45, 7) is 13.6. The minimum absolute atomic E-state index is 0.131. The first-order valence-electron chi connectivity index (χ1n) is 11.3. The van der Waals surface area contributed by atoms with Gasteiger partial charge in [0.25, 0.3) is 0 Å². The van der Waals surface area contributed by atoms with Crippen LogP contribution in [0, 0.1) is 22.7 Å². The second-order valence-corrected chi connectivity index (χ2v) is 10.4. The smallest absolute Gasteiger partial charge is 0.161 e. The van der Waals surface area contributed by atoms with Gasteiger partial charge >= 0.3 is 0 Å². The summed E-state index contributed by atoms with van der Waals surface area (Å²) in [6, 6.07) is 8.30. The van der Waals surface area contributed by atoms with E-state index in [0.717, 1.165) is 53.3 Å². The molecule has 0 saturated carbocycles. The molecule has 1 heterocycles. The second-order valence-electron chi connectivity index (χ2n) is 9.34. The Morgan fingerprint density at radius 3 is 2.71 bits per heavy atom. The first kappa shape index (κ1) is 23.3. The highest BCUT2D eigenvalue weighted by molar-refractivity contribution is 7.16. The number of hydrogen-bond acceptors (Lipinski definition) is 5. The van der Waals surface area contributed by atoms with Crippen molar-refractivity contribution in [1.82, 2.24) is 0 Å². The van der Waals surface area contributed by atoms with Gasteiger partial charge < -0.3 is 9.47 Å². The molecule has 0 spiro atoms. The number of nitrogens with zero attached hydrogens (tertiary/aromatic N) is 2. The van der Waals surface area contributed by atoms with Gasteiger partial charge in [-0.15, -0.1) is 11.3 Å². The Morgan fingerprint density at radius 2 is 2.06 bits per heavy atom. The van der Waals surface area contributed by atoms with Crippen LogP contribution < -0.4 is 9.47 Å². The number of thiophene rings is 1. The third-order valence-electron chi connectivity index (χ3n) is 6.08. The van der Waals surface area contributed by atoms with Gasteiger partial charge in [-0.1, -0.05) is 27.7 Å². The number of hydrogen-bond donors (Lipinski definition) is 0. The molecule has 1 aromatic heterocycles. The van der Waals surface area contributed by atoms with Gasteiger partial charge in [0.05, 0.1) is 18.3 Å². The van der Waals surface area contributed by atoms with Crippen molar-refractivity contribution in [2.24, 2.45) is 16.3 Å². The molecule has 1 aliphatic rings. The molecule has 3 rings (SSSR count). The van der Waals surface area contributed by atoms with Crippen molar-refractivity contribution in [1.29, 1.82) is 5.26 Å². The van der Waals surface area contributed by atoms with Crippen molar-refractivity contribution in [3.63, 3.8) is 0 Å². The minimum atomic E-state index is 0.131. The number of benzene rings is 1. The number of ether oxygens (including phenoxy) is 2. The van der Waals surface area contributed by atoms with Gasteiger partial charge in [-0.3, -0.25) is 0 Å². The zero-order valence-corrected chi connectivity index (χ0v) is 20.4. The average Bonchev–Trinajstić information content (AvgIpc) is 3.10. The minimum Gasteiger partial charge on any atom is -0.490 e. The van der Waals surface area contributed by atoms with Crippen LogP contribution in [0.4, 0.5) is 5.00 Å². The maximum Gasteiger partial charge on any atom is 0.161 e. The number of rotatable bonds is 7. The summed E-state index contributed by atoms with van der Waals surface area (Å²) in [7, 11) is 0. The molecule has 5 heteroatoms. The Labute approximate surface area is 190 Å². The third-order valence-corrected chi connectivity index (χ3v) is 7.25. The predicted octanol–water partition coefficient (Wildman–Crippen LogP) is 7.10. The Kier molecular flexibility index (Phi) is 7.43. The van der Waals surface area contributed by atoms with E-state index in [1.54, 1.807) is 11.3 Å². The fourth-order valence-electron chi connectivity index (χ4n) is 3.92. The second kappa shape index (κ2) is 9.87. The fraction of sp³-hybridized carbons (Fsp3) is 0.538. The van der Waals surface area contributed by atoms with Crippen LogP contribution in [0.5, 0.6) is 11.5 Å². The van der Waals surface area contributed by atoms with Crippen molar-refractivity contribution in [3.8, 4) is 17.6 Å². The zero-order valence-electron chi connectivity index (χ0n) is 19.6. The largest absolute Gasteiger partial charge is 0.490 e. The monoisotopic (exact) mass is 438 g/mol. The molecule has 2 aromatic rings. The van der Waals surface area contributed by atoms with E-state index in [2.05, 4.69) is 40.7 Å². The van der Waals surface area contributed by atoms with Crippen molar-refractivity contribution >= 4 is 22.6 Å². The third kappa shape index (κ3) is 5.49. The first-order valence-corrected chi connectivity index (χ1v) is 12.1. The maximum atomic E-state index is 9.79. The molecule has 31 heavy (non-hydrogen) atoms. The van der Waals surface area contributed by atoms with E-state index >= 15 is 0 Å². The summed E-state index contributed by atoms with van der Waals surface area (Å²) in [5, 5.41) is 10.6. The van der Waals surface area contributed by atoms with E-state index < -0.39 is 0 Å². The summed E-state index contributed by atoms with van der Waals surface area (Å²) in [6.07, 6.45) is 6.05. The molecule has 0 N–H and O–H groups in total. The summed E-state index contributed by atoms with van der Waals surface area (Å²) in [4.78, 5) is 6.06. The van der Waals surface area contributed by atoms with Crippen molar-refractivity contribution < 1.29 is 9.47 Å². The summed E-state index contributed by atoms with van der Waals surface area (Å²) >= 11 is 1.68. The molecular weight excluding hydrogens is 404 g/mol. The van der Waals surface area contributed by atoms with E-state index in [9.17, 15) is 5.26 Å². The van der Waals surface area contributed by atoms with Gasteiger partial charge in [0, 0.05) is 11.1 Å². The van der Waals surface area contributed by atoms with Crippen LogP contribution in [-0.2, 0) is 12.8 Å². The van der Waals surface area contributed by atoms with Gasteiger partial charge in [0.1, 0.15) is 11.1 Å². The van der Waals surface area contributed by atoms with E-state index in [0.29, 0.717) is 12.5 Å². The normalized spacial score (nSPS) is 17.3. The lowest BCUT2D eigenvalue weighted by molar-refractivity contribution is 0.203. The van der Waals surface area contributed by atoms with Crippen LogP contribution in [0.2, 0.25) is 0 Å². The molecule has 0 bridgehead atoms. The van der Waals surface area contributed by atoms with Gasteiger partial charge in [-0.05, 0) is 80.2 Å². The molecule has 0 saturated heterocycles. The lowest BCUT2D eigenvalue weighted by Gasteiger charge is -2.33. The summed E-state index contributed by atoms with van der Waals surface area (Å²) in [5.41, 5.74) is 3.19. The molecule has 1 aromatic carbocycles. The van der Waals surface area contributed by atoms with E-state index in [1.807, 2.05) is 31.3 Å². The molecule has 0 aliphatic heterocycles. The van der Waals surface area contributed by atoms with E-state index in [4.69, 9.17) is 14.5 Å². The van der Waals surface area contributed by atoms with Crippen LogP contribution in [0.1, 0.15) is 76.0 Å². The van der Waals surface area contributed by atoms with Gasteiger partial charge in [0.15, 0.2) is 11.5 Å². The number of fused-ring (bicyclic) bond motifs is 1. The molecule has 166 valence electrons. The zero-order chi connectivity index (χ0) is 22.6. The lowest BCUT2D eigenvalue weighted by Crippen LogP contribution is -2.26. The molecule has 1 aliphatic carbocycles. The topological polar surface area (TPSA) is 54.6 Å². The average molecular weight is 439 g/mol. The Bertz CT molecular complexity index is 979. The molecular formula is C26H34N2O2S. The maximum absolute atomic E-state index is 9.79. The van der Waals surface area contributed by atoms with Crippen LogP contribution in [0.25, 0.3) is 0 Å².